The van der Waals surface area contributed by atoms with Gasteiger partial charge in [0.1, 0.15) is 0 Å². The molecule has 1 aromatic heterocycles. The van der Waals surface area contributed by atoms with Gasteiger partial charge in [-0.3, -0.25) is 0 Å². The molecule has 1 fully saturated rings. The van der Waals surface area contributed by atoms with Gasteiger partial charge in [-0.2, -0.15) is 0 Å². The number of hydrogen-bond acceptors (Lipinski definition) is 2. The molecule has 1 N–H and O–H groups in total. The van der Waals surface area contributed by atoms with Crippen molar-refractivity contribution in [2.75, 3.05) is 6.54 Å². The van der Waals surface area contributed by atoms with E-state index in [9.17, 15) is 0 Å². The number of thiophene rings is 1. The van der Waals surface area contributed by atoms with Crippen molar-refractivity contribution in [2.24, 2.45) is 0 Å². The summed E-state index contributed by atoms with van der Waals surface area (Å²) in [4.78, 5) is 0. The van der Waals surface area contributed by atoms with Crippen molar-refractivity contribution in [3.05, 3.63) is 34.2 Å². The number of nitrogens with one attached hydrogen (secondary N) is 1. The Hall–Kier alpha value is -0.570. The van der Waals surface area contributed by atoms with Crippen LogP contribution in [0.15, 0.2) is 23.6 Å². The van der Waals surface area contributed by atoms with E-state index < -0.39 is 0 Å². The van der Waals surface area contributed by atoms with E-state index in [1.54, 1.807) is 11.3 Å². The molecule has 1 aliphatic carbocycles. The molecule has 84 valence electrons. The summed E-state index contributed by atoms with van der Waals surface area (Å²) >= 11 is 7.91. The molecule has 1 heterocycles. The number of fused-ring (bicyclic) bond motifs is 1. The molecule has 0 aliphatic heterocycles. The van der Waals surface area contributed by atoms with E-state index in [4.69, 9.17) is 11.6 Å². The molecule has 0 unspecified atom stereocenters. The summed E-state index contributed by atoms with van der Waals surface area (Å²) in [5.41, 5.74) is 1.43. The lowest BCUT2D eigenvalue weighted by Crippen LogP contribution is -2.19. The number of benzene rings is 1. The Balaban J connectivity index is 1.77. The van der Waals surface area contributed by atoms with E-state index >= 15 is 0 Å². The lowest BCUT2D eigenvalue weighted by molar-refractivity contribution is 0.684. The van der Waals surface area contributed by atoms with Gasteiger partial charge in [-0.05, 0) is 48.2 Å². The van der Waals surface area contributed by atoms with Crippen molar-refractivity contribution < 1.29 is 0 Å². The summed E-state index contributed by atoms with van der Waals surface area (Å²) in [6, 6.07) is 6.97. The summed E-state index contributed by atoms with van der Waals surface area (Å²) in [6.07, 6.45) is 3.82. The minimum atomic E-state index is 0.800. The Kier molecular flexibility index (Phi) is 2.88. The van der Waals surface area contributed by atoms with Crippen LogP contribution in [0.3, 0.4) is 0 Å². The fourth-order valence-electron chi connectivity index (χ4n) is 1.97. The maximum absolute atomic E-state index is 6.16. The largest absolute Gasteiger partial charge is 0.314 e. The van der Waals surface area contributed by atoms with Crippen LogP contribution in [0.1, 0.15) is 18.4 Å². The third-order valence-electron chi connectivity index (χ3n) is 3.04. The molecule has 1 nitrogen and oxygen atoms in total. The zero-order chi connectivity index (χ0) is 11.0. The van der Waals surface area contributed by atoms with Gasteiger partial charge in [0.15, 0.2) is 0 Å². The van der Waals surface area contributed by atoms with Crippen molar-refractivity contribution in [3.63, 3.8) is 0 Å². The average molecular weight is 252 g/mol. The molecular weight excluding hydrogens is 238 g/mol. The first kappa shape index (κ1) is 10.6. The fraction of sp³-hybridized carbons (Fsp3) is 0.385. The van der Waals surface area contributed by atoms with Crippen LogP contribution in [0.4, 0.5) is 0 Å². The van der Waals surface area contributed by atoms with E-state index in [1.807, 2.05) is 12.1 Å². The van der Waals surface area contributed by atoms with Crippen molar-refractivity contribution >= 4 is 33.0 Å². The van der Waals surface area contributed by atoms with Crippen LogP contribution in [0, 0.1) is 0 Å². The second-order valence-electron chi connectivity index (χ2n) is 4.36. The molecule has 2 aromatic rings. The molecule has 3 rings (SSSR count). The van der Waals surface area contributed by atoms with E-state index in [0.717, 1.165) is 24.0 Å². The van der Waals surface area contributed by atoms with Crippen LogP contribution in [0.2, 0.25) is 5.02 Å². The highest BCUT2D eigenvalue weighted by molar-refractivity contribution is 7.18. The van der Waals surface area contributed by atoms with E-state index in [1.165, 1.54) is 28.5 Å². The zero-order valence-corrected chi connectivity index (χ0v) is 10.6. The maximum atomic E-state index is 6.16. The van der Waals surface area contributed by atoms with Crippen LogP contribution < -0.4 is 5.32 Å². The van der Waals surface area contributed by atoms with E-state index in [-0.39, 0.29) is 0 Å². The highest BCUT2D eigenvalue weighted by Gasteiger charge is 2.19. The van der Waals surface area contributed by atoms with Crippen LogP contribution in [0.25, 0.3) is 10.1 Å². The molecule has 1 aliphatic rings. The molecule has 0 spiro atoms. The lowest BCUT2D eigenvalue weighted by atomic mass is 10.1. The third-order valence-corrected chi connectivity index (χ3v) is 4.54. The third kappa shape index (κ3) is 2.10. The average Bonchev–Trinajstić information content (AvgIpc) is 3.00. The first-order chi connectivity index (χ1) is 7.84. The van der Waals surface area contributed by atoms with Crippen LogP contribution in [0.5, 0.6) is 0 Å². The molecular formula is C13H14ClNS. The van der Waals surface area contributed by atoms with Gasteiger partial charge in [0.2, 0.25) is 0 Å². The Morgan fingerprint density at radius 1 is 1.38 bits per heavy atom. The predicted octanol–water partition coefficient (Wildman–Crippen LogP) is 3.85. The van der Waals surface area contributed by atoms with Gasteiger partial charge in [0.05, 0.1) is 9.72 Å². The standard InChI is InChI=1S/C13H14ClNS/c14-12-3-1-2-11-9(8-16-13(11)12)6-7-15-10-4-5-10/h1-3,8,10,15H,4-7H2. The Morgan fingerprint density at radius 3 is 3.06 bits per heavy atom. The minimum absolute atomic E-state index is 0.800. The SMILES string of the molecule is Clc1cccc2c(CCNC3CC3)csc12. The highest BCUT2D eigenvalue weighted by Crippen LogP contribution is 2.32. The normalized spacial score (nSPS) is 15.8. The minimum Gasteiger partial charge on any atom is -0.314 e. The molecule has 0 amide bonds. The topological polar surface area (TPSA) is 12.0 Å². The van der Waals surface area contributed by atoms with Gasteiger partial charge in [-0.1, -0.05) is 23.7 Å². The molecule has 0 atom stereocenters. The molecule has 0 bridgehead atoms. The van der Waals surface area contributed by atoms with E-state index in [2.05, 4.69) is 16.8 Å². The smallest absolute Gasteiger partial charge is 0.0584 e. The monoisotopic (exact) mass is 251 g/mol. The molecule has 16 heavy (non-hydrogen) atoms. The first-order valence-electron chi connectivity index (χ1n) is 5.72. The van der Waals surface area contributed by atoms with Gasteiger partial charge in [0, 0.05) is 6.04 Å². The first-order valence-corrected chi connectivity index (χ1v) is 6.98. The lowest BCUT2D eigenvalue weighted by Gasteiger charge is -2.02. The van der Waals surface area contributed by atoms with Gasteiger partial charge in [-0.15, -0.1) is 11.3 Å². The molecule has 1 saturated carbocycles. The fourth-order valence-corrected chi connectivity index (χ4v) is 3.29. The number of halogens is 1. The van der Waals surface area contributed by atoms with E-state index in [0.29, 0.717) is 0 Å². The number of rotatable bonds is 4. The number of hydrogen-bond donors (Lipinski definition) is 1. The van der Waals surface area contributed by atoms with Gasteiger partial charge in [-0.25, -0.2) is 0 Å². The van der Waals surface area contributed by atoms with Gasteiger partial charge < -0.3 is 5.32 Å². The van der Waals surface area contributed by atoms with Crippen molar-refractivity contribution in [2.45, 2.75) is 25.3 Å². The Labute approximate surface area is 104 Å². The van der Waals surface area contributed by atoms with Crippen LogP contribution in [-0.4, -0.2) is 12.6 Å². The van der Waals surface area contributed by atoms with Crippen LogP contribution in [-0.2, 0) is 6.42 Å². The second-order valence-corrected chi connectivity index (χ2v) is 5.64. The molecule has 0 saturated heterocycles. The molecule has 3 heteroatoms. The zero-order valence-electron chi connectivity index (χ0n) is 9.00. The highest BCUT2D eigenvalue weighted by atomic mass is 35.5. The Bertz CT molecular complexity index is 502. The quantitative estimate of drug-likeness (QED) is 0.871. The second kappa shape index (κ2) is 4.36. The van der Waals surface area contributed by atoms with Gasteiger partial charge >= 0.3 is 0 Å². The molecule has 0 radical (unpaired) electrons. The van der Waals surface area contributed by atoms with Crippen LogP contribution >= 0.6 is 22.9 Å². The summed E-state index contributed by atoms with van der Waals surface area (Å²) in [5.74, 6) is 0. The maximum Gasteiger partial charge on any atom is 0.0584 e. The van der Waals surface area contributed by atoms with Crippen molar-refractivity contribution in [1.29, 1.82) is 0 Å². The van der Waals surface area contributed by atoms with Crippen molar-refractivity contribution in [3.8, 4) is 0 Å². The Morgan fingerprint density at radius 2 is 2.25 bits per heavy atom. The van der Waals surface area contributed by atoms with Gasteiger partial charge in [0.25, 0.3) is 0 Å². The van der Waals surface area contributed by atoms with Crippen molar-refractivity contribution in [1.82, 2.24) is 5.32 Å². The molecule has 1 aromatic carbocycles. The summed E-state index contributed by atoms with van der Waals surface area (Å²) in [6.45, 7) is 1.09. The summed E-state index contributed by atoms with van der Waals surface area (Å²) < 4.78 is 1.23. The summed E-state index contributed by atoms with van der Waals surface area (Å²) in [5, 5.41) is 7.99. The predicted molar refractivity (Wildman–Crippen MR) is 71.6 cm³/mol. The summed E-state index contributed by atoms with van der Waals surface area (Å²) in [7, 11) is 0.